The second-order valence-corrected chi connectivity index (χ2v) is 4.68. The van der Waals surface area contributed by atoms with E-state index in [1.807, 2.05) is 0 Å². The van der Waals surface area contributed by atoms with Crippen molar-refractivity contribution < 1.29 is 13.5 Å². The summed E-state index contributed by atoms with van der Waals surface area (Å²) in [5.74, 6) is -1.08. The fourth-order valence-electron chi connectivity index (χ4n) is 1.35. The molecule has 0 atom stereocenters. The molecule has 0 unspecified atom stereocenters. The number of rotatable bonds is 2. The molecule has 1 saturated carbocycles. The van der Waals surface area contributed by atoms with Gasteiger partial charge >= 0.3 is 0 Å². The molecule has 76 valence electrons. The zero-order chi connectivity index (χ0) is 10.1. The van der Waals surface area contributed by atoms with E-state index in [-0.39, 0.29) is 11.9 Å². The largest absolute Gasteiger partial charge is 0.487 e. The van der Waals surface area contributed by atoms with Crippen LogP contribution in [0.15, 0.2) is 18.2 Å². The molecule has 1 aromatic rings. The molecular weight excluding hydrogens is 254 g/mol. The number of hydrogen-bond acceptors (Lipinski definition) is 1. The molecular formula is C10H9BrF2O. The Morgan fingerprint density at radius 3 is 2.57 bits per heavy atom. The van der Waals surface area contributed by atoms with Crippen molar-refractivity contribution >= 4 is 15.9 Å². The van der Waals surface area contributed by atoms with Crippen LogP contribution in [0.1, 0.15) is 12.8 Å². The van der Waals surface area contributed by atoms with Gasteiger partial charge in [0, 0.05) is 10.9 Å². The third kappa shape index (κ3) is 2.05. The number of alkyl halides is 1. The number of benzene rings is 1. The van der Waals surface area contributed by atoms with E-state index in [0.717, 1.165) is 18.9 Å². The van der Waals surface area contributed by atoms with Crippen LogP contribution in [0.3, 0.4) is 0 Å². The van der Waals surface area contributed by atoms with Gasteiger partial charge in [-0.2, -0.15) is 0 Å². The smallest absolute Gasteiger partial charge is 0.167 e. The predicted molar refractivity (Wildman–Crippen MR) is 52.7 cm³/mol. The van der Waals surface area contributed by atoms with Gasteiger partial charge in [-0.15, -0.1) is 0 Å². The van der Waals surface area contributed by atoms with Crippen LogP contribution in [-0.4, -0.2) is 10.9 Å². The van der Waals surface area contributed by atoms with Crippen LogP contribution >= 0.6 is 15.9 Å². The summed E-state index contributed by atoms with van der Waals surface area (Å²) in [6.07, 6.45) is 1.80. The molecule has 0 bridgehead atoms. The van der Waals surface area contributed by atoms with Crippen molar-refractivity contribution in [1.29, 1.82) is 0 Å². The van der Waals surface area contributed by atoms with Gasteiger partial charge in [0.15, 0.2) is 11.6 Å². The molecule has 0 amide bonds. The van der Waals surface area contributed by atoms with Crippen molar-refractivity contribution in [2.45, 2.75) is 23.8 Å². The van der Waals surface area contributed by atoms with Crippen LogP contribution < -0.4 is 4.74 Å². The van der Waals surface area contributed by atoms with Crippen molar-refractivity contribution in [2.75, 3.05) is 0 Å². The lowest BCUT2D eigenvalue weighted by molar-refractivity contribution is 0.122. The average Bonchev–Trinajstić information content (AvgIpc) is 2.06. The summed E-state index contributed by atoms with van der Waals surface area (Å²) in [4.78, 5) is 0.469. The Morgan fingerprint density at radius 1 is 1.29 bits per heavy atom. The molecule has 4 heteroatoms. The highest BCUT2D eigenvalue weighted by atomic mass is 79.9. The fourth-order valence-corrected chi connectivity index (χ4v) is 2.18. The van der Waals surface area contributed by atoms with Crippen LogP contribution in [0.5, 0.6) is 5.75 Å². The molecule has 1 fully saturated rings. The number of hydrogen-bond donors (Lipinski definition) is 0. The molecule has 0 radical (unpaired) electrons. The molecule has 0 heterocycles. The summed E-state index contributed by atoms with van der Waals surface area (Å²) >= 11 is 3.41. The molecule has 0 N–H and O–H groups in total. The van der Waals surface area contributed by atoms with Gasteiger partial charge in [0.1, 0.15) is 11.9 Å². The minimum Gasteiger partial charge on any atom is -0.487 e. The first-order valence-corrected chi connectivity index (χ1v) is 5.32. The Morgan fingerprint density at radius 2 is 2.00 bits per heavy atom. The number of ether oxygens (including phenoxy) is 1. The summed E-state index contributed by atoms with van der Waals surface area (Å²) in [5, 5.41) is 0. The normalized spacial score (nSPS) is 25.6. The van der Waals surface area contributed by atoms with Gasteiger partial charge in [-0.05, 0) is 25.0 Å². The minimum atomic E-state index is -0.636. The Kier molecular flexibility index (Phi) is 2.72. The third-order valence-corrected chi connectivity index (χ3v) is 2.97. The average molecular weight is 263 g/mol. The lowest BCUT2D eigenvalue weighted by Gasteiger charge is -2.31. The molecule has 0 saturated heterocycles. The molecule has 2 rings (SSSR count). The van der Waals surface area contributed by atoms with Crippen LogP contribution in [0.4, 0.5) is 8.78 Å². The van der Waals surface area contributed by atoms with Crippen LogP contribution in [0.25, 0.3) is 0 Å². The van der Waals surface area contributed by atoms with E-state index in [4.69, 9.17) is 4.74 Å². The van der Waals surface area contributed by atoms with E-state index >= 15 is 0 Å². The van der Waals surface area contributed by atoms with Crippen LogP contribution in [-0.2, 0) is 0 Å². The van der Waals surface area contributed by atoms with Gasteiger partial charge in [0.25, 0.3) is 0 Å². The zero-order valence-corrected chi connectivity index (χ0v) is 8.93. The van der Waals surface area contributed by atoms with Crippen molar-refractivity contribution in [3.63, 3.8) is 0 Å². The zero-order valence-electron chi connectivity index (χ0n) is 7.34. The molecule has 14 heavy (non-hydrogen) atoms. The van der Waals surface area contributed by atoms with Crippen molar-refractivity contribution in [3.05, 3.63) is 29.8 Å². The molecule has 0 spiro atoms. The maximum absolute atomic E-state index is 13.1. The fraction of sp³-hybridized carbons (Fsp3) is 0.400. The Labute approximate surface area is 89.2 Å². The van der Waals surface area contributed by atoms with Crippen molar-refractivity contribution in [3.8, 4) is 5.75 Å². The maximum atomic E-state index is 13.1. The molecule has 0 aromatic heterocycles. The minimum absolute atomic E-state index is 0.0549. The van der Waals surface area contributed by atoms with E-state index in [2.05, 4.69) is 15.9 Å². The summed E-state index contributed by atoms with van der Waals surface area (Å²) in [6.45, 7) is 0. The topological polar surface area (TPSA) is 9.23 Å². The second-order valence-electron chi connectivity index (χ2n) is 3.38. The van der Waals surface area contributed by atoms with Gasteiger partial charge in [0.2, 0.25) is 0 Å². The molecule has 1 nitrogen and oxygen atoms in total. The maximum Gasteiger partial charge on any atom is 0.167 e. The Bertz CT molecular complexity index is 337. The Balaban J connectivity index is 2.02. The Hall–Kier alpha value is -0.640. The van der Waals surface area contributed by atoms with Gasteiger partial charge in [-0.25, -0.2) is 8.78 Å². The molecule has 1 aliphatic carbocycles. The molecule has 1 aromatic carbocycles. The van der Waals surface area contributed by atoms with Gasteiger partial charge in [0.05, 0.1) is 0 Å². The summed E-state index contributed by atoms with van der Waals surface area (Å²) in [6, 6.07) is 3.36. The standard InChI is InChI=1S/C10H9BrF2O/c11-6-3-8(4-6)14-10-2-1-7(12)5-9(10)13/h1-2,5-6,8H,3-4H2. The van der Waals surface area contributed by atoms with Gasteiger partial charge < -0.3 is 4.74 Å². The highest BCUT2D eigenvalue weighted by molar-refractivity contribution is 9.09. The van der Waals surface area contributed by atoms with Crippen LogP contribution in [0.2, 0.25) is 0 Å². The highest BCUT2D eigenvalue weighted by Crippen LogP contribution is 2.31. The van der Waals surface area contributed by atoms with Gasteiger partial charge in [-0.3, -0.25) is 0 Å². The number of halogens is 3. The third-order valence-electron chi connectivity index (χ3n) is 2.22. The summed E-state index contributed by atoms with van der Waals surface area (Å²) in [7, 11) is 0. The monoisotopic (exact) mass is 262 g/mol. The quantitative estimate of drug-likeness (QED) is 0.744. The van der Waals surface area contributed by atoms with Gasteiger partial charge in [-0.1, -0.05) is 15.9 Å². The van der Waals surface area contributed by atoms with E-state index in [0.29, 0.717) is 4.83 Å². The first kappa shape index (κ1) is 9.90. The summed E-state index contributed by atoms with van der Waals surface area (Å²) < 4.78 is 31.0. The SMILES string of the molecule is Fc1ccc(OC2CC(Br)C2)c(F)c1. The lowest BCUT2D eigenvalue weighted by atomic mass is 9.96. The first-order valence-electron chi connectivity index (χ1n) is 4.41. The van der Waals surface area contributed by atoms with E-state index in [1.54, 1.807) is 0 Å². The van der Waals surface area contributed by atoms with E-state index in [1.165, 1.54) is 12.1 Å². The summed E-state index contributed by atoms with van der Waals surface area (Å²) in [5.41, 5.74) is 0. The predicted octanol–water partition coefficient (Wildman–Crippen LogP) is 3.27. The second kappa shape index (κ2) is 3.85. The van der Waals surface area contributed by atoms with E-state index < -0.39 is 11.6 Å². The molecule has 1 aliphatic rings. The van der Waals surface area contributed by atoms with Crippen molar-refractivity contribution in [1.82, 2.24) is 0 Å². The highest BCUT2D eigenvalue weighted by Gasteiger charge is 2.29. The molecule has 0 aliphatic heterocycles. The van der Waals surface area contributed by atoms with Crippen molar-refractivity contribution in [2.24, 2.45) is 0 Å². The lowest BCUT2D eigenvalue weighted by Crippen LogP contribution is -2.34. The van der Waals surface area contributed by atoms with Crippen LogP contribution in [0, 0.1) is 11.6 Å². The van der Waals surface area contributed by atoms with E-state index in [9.17, 15) is 8.78 Å². The first-order chi connectivity index (χ1) is 6.65.